The van der Waals surface area contributed by atoms with Crippen molar-refractivity contribution < 1.29 is 33.4 Å². The van der Waals surface area contributed by atoms with E-state index in [2.05, 4.69) is 17.2 Å². The number of benzene rings is 1. The molecule has 4 amide bonds. The number of amides is 4. The van der Waals surface area contributed by atoms with Crippen LogP contribution in [0.4, 0.5) is 5.69 Å². The molecule has 0 bridgehead atoms. The van der Waals surface area contributed by atoms with Crippen LogP contribution in [-0.4, -0.2) is 73.8 Å². The third kappa shape index (κ3) is 5.91. The number of hydrogen-bond donors (Lipinski definition) is 2. The van der Waals surface area contributed by atoms with E-state index in [4.69, 9.17) is 9.47 Å². The summed E-state index contributed by atoms with van der Waals surface area (Å²) < 4.78 is 10.9. The maximum atomic E-state index is 13.0. The molecule has 1 saturated heterocycles. The van der Waals surface area contributed by atoms with Gasteiger partial charge in [-0.1, -0.05) is 12.6 Å². The molecule has 3 rings (SSSR count). The first-order chi connectivity index (χ1) is 15.9. The molecule has 0 saturated carbocycles. The Morgan fingerprint density at radius 1 is 1.12 bits per heavy atom. The van der Waals surface area contributed by atoms with Gasteiger partial charge in [-0.15, -0.1) is 0 Å². The Balaban J connectivity index is 1.45. The van der Waals surface area contributed by atoms with Crippen LogP contribution in [0.5, 0.6) is 0 Å². The van der Waals surface area contributed by atoms with Crippen LogP contribution in [0.15, 0.2) is 30.4 Å². The van der Waals surface area contributed by atoms with E-state index in [1.165, 1.54) is 0 Å². The lowest BCUT2D eigenvalue weighted by Gasteiger charge is -2.27. The second kappa shape index (κ2) is 11.5. The smallest absolute Gasteiger partial charge is 0.264 e. The summed E-state index contributed by atoms with van der Waals surface area (Å²) in [5, 5.41) is 5.29. The average molecular weight is 457 g/mol. The number of nitrogens with zero attached hydrogens (tertiary/aromatic N) is 1. The van der Waals surface area contributed by atoms with Gasteiger partial charge in [-0.25, -0.2) is 0 Å². The van der Waals surface area contributed by atoms with Crippen molar-refractivity contribution >= 4 is 35.6 Å². The molecule has 2 aliphatic heterocycles. The van der Waals surface area contributed by atoms with E-state index in [9.17, 15) is 24.0 Å². The lowest BCUT2D eigenvalue weighted by atomic mass is 10.0. The molecular formula is C23H27N3O7. The average Bonchev–Trinajstić information content (AvgIpc) is 3.05. The maximum absolute atomic E-state index is 13.0. The molecule has 10 heteroatoms. The molecule has 1 atom stereocenters. The first-order valence-corrected chi connectivity index (χ1v) is 10.8. The number of carbonyl (C=O) groups excluding carboxylic acids is 5. The number of fused-ring (bicyclic) bond motifs is 1. The summed E-state index contributed by atoms with van der Waals surface area (Å²) in [6.45, 7) is 5.69. The van der Waals surface area contributed by atoms with Crippen molar-refractivity contribution in [1.82, 2.24) is 10.2 Å². The molecule has 2 heterocycles. The van der Waals surface area contributed by atoms with Crippen LogP contribution in [-0.2, 0) is 23.9 Å². The van der Waals surface area contributed by atoms with Crippen LogP contribution in [0.2, 0.25) is 0 Å². The number of hydrogen-bond acceptors (Lipinski definition) is 8. The lowest BCUT2D eigenvalue weighted by molar-refractivity contribution is -0.136. The van der Waals surface area contributed by atoms with Crippen LogP contribution in [0, 0.1) is 0 Å². The predicted octanol–water partition coefficient (Wildman–Crippen LogP) is 1.07. The highest BCUT2D eigenvalue weighted by Gasteiger charge is 2.45. The summed E-state index contributed by atoms with van der Waals surface area (Å²) in [7, 11) is 0. The molecule has 0 aromatic heterocycles. The molecular weight excluding hydrogens is 430 g/mol. The van der Waals surface area contributed by atoms with Gasteiger partial charge in [-0.3, -0.25) is 34.2 Å². The zero-order valence-corrected chi connectivity index (χ0v) is 18.3. The van der Waals surface area contributed by atoms with Crippen molar-refractivity contribution in [3.8, 4) is 0 Å². The van der Waals surface area contributed by atoms with Crippen molar-refractivity contribution in [2.75, 3.05) is 38.3 Å². The Labute approximate surface area is 191 Å². The van der Waals surface area contributed by atoms with Gasteiger partial charge >= 0.3 is 0 Å². The molecule has 1 unspecified atom stereocenters. The summed E-state index contributed by atoms with van der Waals surface area (Å²) in [6.07, 6.45) is 2.26. The quantitative estimate of drug-likeness (QED) is 0.195. The van der Waals surface area contributed by atoms with E-state index < -0.39 is 29.7 Å². The molecule has 1 aromatic carbocycles. The standard InChI is InChI=1S/C23H27N3O7/c1-15(14-27)4-3-10-32-12-13-33-11-9-24-17-6-2-5-16-20(17)23(31)26(22(16)30)18-7-8-19(28)25-21(18)29/h2,5-6,14,18,24H,1,3-4,7-13H2,(H,25,28,29). The van der Waals surface area contributed by atoms with E-state index in [0.29, 0.717) is 50.7 Å². The molecule has 176 valence electrons. The van der Waals surface area contributed by atoms with Crippen LogP contribution >= 0.6 is 0 Å². The van der Waals surface area contributed by atoms with Gasteiger partial charge in [-0.2, -0.15) is 0 Å². The molecule has 0 spiro atoms. The van der Waals surface area contributed by atoms with E-state index in [-0.39, 0.29) is 24.0 Å². The number of ether oxygens (including phenoxy) is 2. The van der Waals surface area contributed by atoms with Crippen LogP contribution in [0.1, 0.15) is 46.4 Å². The third-order valence-corrected chi connectivity index (χ3v) is 5.36. The largest absolute Gasteiger partial charge is 0.382 e. The van der Waals surface area contributed by atoms with Crippen LogP contribution in [0.25, 0.3) is 0 Å². The van der Waals surface area contributed by atoms with E-state index >= 15 is 0 Å². The molecule has 1 aromatic rings. The van der Waals surface area contributed by atoms with Gasteiger partial charge in [0.2, 0.25) is 11.8 Å². The minimum atomic E-state index is -0.997. The van der Waals surface area contributed by atoms with Gasteiger partial charge in [-0.05, 0) is 37.0 Å². The van der Waals surface area contributed by atoms with Crippen molar-refractivity contribution in [3.05, 3.63) is 41.5 Å². The first kappa shape index (κ1) is 24.3. The van der Waals surface area contributed by atoms with Crippen molar-refractivity contribution in [1.29, 1.82) is 0 Å². The number of anilines is 1. The Hall–Kier alpha value is -3.37. The predicted molar refractivity (Wildman–Crippen MR) is 118 cm³/mol. The van der Waals surface area contributed by atoms with E-state index in [0.717, 1.165) is 17.6 Å². The SMILES string of the molecule is C=C(C=O)CCCOCCOCCNc1cccc2c1C(=O)N(C1CCC(=O)NC1=O)C2=O. The van der Waals surface area contributed by atoms with Gasteiger partial charge in [0.15, 0.2) is 0 Å². The summed E-state index contributed by atoms with van der Waals surface area (Å²) in [5.41, 5.74) is 1.47. The molecule has 1 fully saturated rings. The Bertz CT molecular complexity index is 959. The van der Waals surface area contributed by atoms with Crippen molar-refractivity contribution in [2.45, 2.75) is 31.7 Å². The number of aldehydes is 1. The topological polar surface area (TPSA) is 131 Å². The summed E-state index contributed by atoms with van der Waals surface area (Å²) in [5.74, 6) is -2.15. The van der Waals surface area contributed by atoms with Gasteiger partial charge in [0.25, 0.3) is 11.8 Å². The van der Waals surface area contributed by atoms with E-state index in [1.807, 2.05) is 0 Å². The van der Waals surface area contributed by atoms with Gasteiger partial charge in [0, 0.05) is 25.3 Å². The number of carbonyl (C=O) groups is 5. The minimum Gasteiger partial charge on any atom is -0.382 e. The number of imide groups is 2. The number of nitrogens with one attached hydrogen (secondary N) is 2. The first-order valence-electron chi connectivity index (χ1n) is 10.8. The lowest BCUT2D eigenvalue weighted by Crippen LogP contribution is -2.54. The molecule has 2 N–H and O–H groups in total. The second-order valence-electron chi connectivity index (χ2n) is 7.71. The second-order valence-corrected chi connectivity index (χ2v) is 7.71. The fourth-order valence-corrected chi connectivity index (χ4v) is 3.70. The molecule has 2 aliphatic rings. The molecule has 0 aliphatic carbocycles. The van der Waals surface area contributed by atoms with E-state index in [1.54, 1.807) is 18.2 Å². The Morgan fingerprint density at radius 2 is 1.88 bits per heavy atom. The van der Waals surface area contributed by atoms with Crippen LogP contribution in [0.3, 0.4) is 0 Å². The van der Waals surface area contributed by atoms with Crippen molar-refractivity contribution in [3.63, 3.8) is 0 Å². The minimum absolute atomic E-state index is 0.0734. The fourth-order valence-electron chi connectivity index (χ4n) is 3.70. The monoisotopic (exact) mass is 457 g/mol. The molecule has 10 nitrogen and oxygen atoms in total. The third-order valence-electron chi connectivity index (χ3n) is 5.36. The summed E-state index contributed by atoms with van der Waals surface area (Å²) in [6, 6.07) is 3.90. The summed E-state index contributed by atoms with van der Waals surface area (Å²) >= 11 is 0. The molecule has 33 heavy (non-hydrogen) atoms. The van der Waals surface area contributed by atoms with Crippen molar-refractivity contribution in [2.24, 2.45) is 0 Å². The number of rotatable bonds is 13. The van der Waals surface area contributed by atoms with Gasteiger partial charge < -0.3 is 14.8 Å². The highest BCUT2D eigenvalue weighted by atomic mass is 16.5. The zero-order chi connectivity index (χ0) is 23.8. The Kier molecular flexibility index (Phi) is 8.45. The number of allylic oxidation sites excluding steroid dienone is 1. The normalized spacial score (nSPS) is 17.7. The zero-order valence-electron chi connectivity index (χ0n) is 18.3. The highest BCUT2D eigenvalue weighted by Crippen LogP contribution is 2.32. The van der Waals surface area contributed by atoms with Crippen LogP contribution < -0.4 is 10.6 Å². The fraction of sp³-hybridized carbons (Fsp3) is 0.435. The maximum Gasteiger partial charge on any atom is 0.264 e. The number of piperidine rings is 1. The van der Waals surface area contributed by atoms with Gasteiger partial charge in [0.1, 0.15) is 12.3 Å². The summed E-state index contributed by atoms with van der Waals surface area (Å²) in [4.78, 5) is 60.8. The molecule has 0 radical (unpaired) electrons. The van der Waals surface area contributed by atoms with Gasteiger partial charge in [0.05, 0.1) is 30.9 Å². The highest BCUT2D eigenvalue weighted by molar-refractivity contribution is 6.25. The Morgan fingerprint density at radius 3 is 2.61 bits per heavy atom.